The van der Waals surface area contributed by atoms with E-state index < -0.39 is 9.84 Å². The standard InChI is InChI=1S/C22H35N3O4S/c1-4-23-21(25-15-22(12-13-22)16-30(3,26)27)24-14-17-8-7-11-19(28-2)20(17)29-18-9-5-6-10-18/h7-8,11,18H,4-6,9-10,12-16H2,1-3H3,(H2,23,24,25). The summed E-state index contributed by atoms with van der Waals surface area (Å²) in [7, 11) is -1.33. The smallest absolute Gasteiger partial charge is 0.191 e. The summed E-state index contributed by atoms with van der Waals surface area (Å²) in [6, 6.07) is 5.89. The Kier molecular flexibility index (Phi) is 7.50. The number of methoxy groups -OCH3 is 1. The fourth-order valence-electron chi connectivity index (χ4n) is 4.04. The van der Waals surface area contributed by atoms with Crippen molar-refractivity contribution in [2.75, 3.05) is 32.2 Å². The first-order valence-electron chi connectivity index (χ1n) is 10.9. The Balaban J connectivity index is 1.69. The highest BCUT2D eigenvalue weighted by atomic mass is 32.2. The van der Waals surface area contributed by atoms with Crippen molar-refractivity contribution in [2.45, 2.75) is 58.1 Å². The predicted octanol–water partition coefficient (Wildman–Crippen LogP) is 2.90. The molecule has 2 aliphatic carbocycles. The molecule has 2 saturated carbocycles. The van der Waals surface area contributed by atoms with E-state index in [0.29, 0.717) is 19.0 Å². The largest absolute Gasteiger partial charge is 0.493 e. The van der Waals surface area contributed by atoms with Crippen LogP contribution in [0.2, 0.25) is 0 Å². The van der Waals surface area contributed by atoms with Gasteiger partial charge in [-0.15, -0.1) is 0 Å². The van der Waals surface area contributed by atoms with Gasteiger partial charge in [-0.25, -0.2) is 13.4 Å². The number of hydrogen-bond donors (Lipinski definition) is 2. The van der Waals surface area contributed by atoms with Gasteiger partial charge in [0.1, 0.15) is 9.84 Å². The van der Waals surface area contributed by atoms with Crippen LogP contribution in [0.25, 0.3) is 0 Å². The van der Waals surface area contributed by atoms with Crippen molar-refractivity contribution in [1.29, 1.82) is 0 Å². The molecule has 0 aliphatic heterocycles. The number of guanidine groups is 1. The minimum Gasteiger partial charge on any atom is -0.493 e. The third kappa shape index (κ3) is 6.52. The van der Waals surface area contributed by atoms with Crippen molar-refractivity contribution < 1.29 is 17.9 Å². The van der Waals surface area contributed by atoms with Crippen LogP contribution in [0.3, 0.4) is 0 Å². The minimum absolute atomic E-state index is 0.156. The predicted molar refractivity (Wildman–Crippen MR) is 120 cm³/mol. The van der Waals surface area contributed by atoms with E-state index >= 15 is 0 Å². The summed E-state index contributed by atoms with van der Waals surface area (Å²) in [6.07, 6.45) is 7.97. The maximum Gasteiger partial charge on any atom is 0.191 e. The molecule has 0 radical (unpaired) electrons. The topological polar surface area (TPSA) is 89.0 Å². The molecule has 0 spiro atoms. The SMILES string of the molecule is CCNC(=NCc1cccc(OC)c1OC1CCCC1)NCC1(CS(C)(=O)=O)CC1. The van der Waals surface area contributed by atoms with Crippen molar-refractivity contribution in [3.8, 4) is 11.5 Å². The third-order valence-corrected chi connectivity index (χ3v) is 6.91. The van der Waals surface area contributed by atoms with E-state index in [9.17, 15) is 8.42 Å². The lowest BCUT2D eigenvalue weighted by atomic mass is 10.1. The summed E-state index contributed by atoms with van der Waals surface area (Å²) in [5.74, 6) is 2.42. The maximum absolute atomic E-state index is 11.7. The molecule has 0 heterocycles. The first-order chi connectivity index (χ1) is 14.3. The van der Waals surface area contributed by atoms with E-state index in [-0.39, 0.29) is 17.3 Å². The average Bonchev–Trinajstić information content (AvgIpc) is 3.23. The highest BCUT2D eigenvalue weighted by Gasteiger charge is 2.45. The van der Waals surface area contributed by atoms with E-state index in [1.54, 1.807) is 7.11 Å². The zero-order valence-electron chi connectivity index (χ0n) is 18.4. The first-order valence-corrected chi connectivity index (χ1v) is 12.9. The van der Waals surface area contributed by atoms with Crippen molar-refractivity contribution in [3.63, 3.8) is 0 Å². The van der Waals surface area contributed by atoms with Gasteiger partial charge >= 0.3 is 0 Å². The van der Waals surface area contributed by atoms with Gasteiger partial charge in [-0.2, -0.15) is 0 Å². The van der Waals surface area contributed by atoms with Gasteiger partial charge < -0.3 is 20.1 Å². The fraction of sp³-hybridized carbons (Fsp3) is 0.682. The normalized spacial score (nSPS) is 18.8. The van der Waals surface area contributed by atoms with Crippen molar-refractivity contribution in [3.05, 3.63) is 23.8 Å². The first kappa shape index (κ1) is 22.7. The molecule has 0 unspecified atom stereocenters. The van der Waals surface area contributed by atoms with Crippen LogP contribution in [0.5, 0.6) is 11.5 Å². The van der Waals surface area contributed by atoms with E-state index in [4.69, 9.17) is 14.5 Å². The maximum atomic E-state index is 11.7. The molecule has 1 aromatic carbocycles. The summed E-state index contributed by atoms with van der Waals surface area (Å²) in [5.41, 5.74) is 0.826. The molecule has 7 nitrogen and oxygen atoms in total. The van der Waals surface area contributed by atoms with Gasteiger partial charge in [0.05, 0.1) is 25.5 Å². The summed E-state index contributed by atoms with van der Waals surface area (Å²) in [5, 5.41) is 6.59. The molecule has 0 amide bonds. The summed E-state index contributed by atoms with van der Waals surface area (Å²) < 4.78 is 35.3. The molecular formula is C22H35N3O4S. The van der Waals surface area contributed by atoms with Gasteiger partial charge in [-0.3, -0.25) is 0 Å². The van der Waals surface area contributed by atoms with Crippen molar-refractivity contribution >= 4 is 15.8 Å². The highest BCUT2D eigenvalue weighted by Crippen LogP contribution is 2.46. The van der Waals surface area contributed by atoms with Crippen LogP contribution < -0.4 is 20.1 Å². The highest BCUT2D eigenvalue weighted by molar-refractivity contribution is 7.90. The minimum atomic E-state index is -2.99. The van der Waals surface area contributed by atoms with Crippen LogP contribution in [-0.2, 0) is 16.4 Å². The van der Waals surface area contributed by atoms with Gasteiger partial charge in [0, 0.05) is 30.3 Å². The van der Waals surface area contributed by atoms with Crippen LogP contribution in [0, 0.1) is 5.41 Å². The molecule has 1 aromatic rings. The number of para-hydroxylation sites is 1. The van der Waals surface area contributed by atoms with E-state index in [0.717, 1.165) is 49.3 Å². The molecule has 30 heavy (non-hydrogen) atoms. The summed E-state index contributed by atoms with van der Waals surface area (Å²) in [6.45, 7) is 3.80. The number of benzene rings is 1. The molecule has 0 aromatic heterocycles. The number of ether oxygens (including phenoxy) is 2. The molecule has 8 heteroatoms. The second kappa shape index (κ2) is 9.90. The monoisotopic (exact) mass is 437 g/mol. The number of aliphatic imine (C=N–C) groups is 1. The Morgan fingerprint density at radius 1 is 1.23 bits per heavy atom. The zero-order valence-corrected chi connectivity index (χ0v) is 19.2. The lowest BCUT2D eigenvalue weighted by Crippen LogP contribution is -2.41. The molecule has 0 bridgehead atoms. The van der Waals surface area contributed by atoms with Crippen LogP contribution in [-0.4, -0.2) is 52.7 Å². The average molecular weight is 438 g/mol. The Morgan fingerprint density at radius 3 is 2.57 bits per heavy atom. The third-order valence-electron chi connectivity index (χ3n) is 5.78. The zero-order chi connectivity index (χ0) is 21.6. The Hall–Kier alpha value is -1.96. The quantitative estimate of drug-likeness (QED) is 0.432. The van der Waals surface area contributed by atoms with Crippen molar-refractivity contribution in [2.24, 2.45) is 10.4 Å². The molecule has 3 rings (SSSR count). The van der Waals surface area contributed by atoms with Gasteiger partial charge in [0.15, 0.2) is 17.5 Å². The number of rotatable bonds is 10. The van der Waals surface area contributed by atoms with Gasteiger partial charge in [0.25, 0.3) is 0 Å². The number of sulfone groups is 1. The second-order valence-electron chi connectivity index (χ2n) is 8.59. The summed E-state index contributed by atoms with van der Waals surface area (Å²) >= 11 is 0. The van der Waals surface area contributed by atoms with Gasteiger partial charge in [-0.1, -0.05) is 12.1 Å². The van der Waals surface area contributed by atoms with Gasteiger partial charge in [0.2, 0.25) is 0 Å². The van der Waals surface area contributed by atoms with E-state index in [1.165, 1.54) is 19.1 Å². The van der Waals surface area contributed by atoms with Crippen LogP contribution >= 0.6 is 0 Å². The molecule has 2 fully saturated rings. The van der Waals surface area contributed by atoms with Crippen LogP contribution in [0.15, 0.2) is 23.2 Å². The van der Waals surface area contributed by atoms with E-state index in [1.807, 2.05) is 25.1 Å². The molecule has 168 valence electrons. The van der Waals surface area contributed by atoms with Crippen molar-refractivity contribution in [1.82, 2.24) is 10.6 Å². The molecule has 2 aliphatic rings. The van der Waals surface area contributed by atoms with Crippen LogP contribution in [0.4, 0.5) is 0 Å². The Bertz CT molecular complexity index is 844. The lowest BCUT2D eigenvalue weighted by molar-refractivity contribution is 0.198. The summed E-state index contributed by atoms with van der Waals surface area (Å²) in [4.78, 5) is 4.73. The molecule has 2 N–H and O–H groups in total. The Morgan fingerprint density at radius 2 is 1.97 bits per heavy atom. The van der Waals surface area contributed by atoms with Crippen LogP contribution in [0.1, 0.15) is 51.0 Å². The fourth-order valence-corrected chi connectivity index (χ4v) is 5.54. The number of hydrogen-bond acceptors (Lipinski definition) is 5. The molecular weight excluding hydrogens is 402 g/mol. The van der Waals surface area contributed by atoms with Gasteiger partial charge in [-0.05, 0) is 51.5 Å². The second-order valence-corrected chi connectivity index (χ2v) is 10.7. The lowest BCUT2D eigenvalue weighted by Gasteiger charge is -2.20. The molecule has 0 atom stereocenters. The Labute approximate surface area is 180 Å². The van der Waals surface area contributed by atoms with E-state index in [2.05, 4.69) is 10.6 Å². The number of nitrogens with one attached hydrogen (secondary N) is 2. The number of nitrogens with zero attached hydrogens (tertiary/aromatic N) is 1. The molecule has 0 saturated heterocycles.